The zero-order chi connectivity index (χ0) is 13.9. The second-order valence-corrected chi connectivity index (χ2v) is 5.47. The van der Waals surface area contributed by atoms with Crippen molar-refractivity contribution in [3.8, 4) is 0 Å². The van der Waals surface area contributed by atoms with Crippen molar-refractivity contribution in [1.82, 2.24) is 10.3 Å². The van der Waals surface area contributed by atoms with Gasteiger partial charge in [-0.05, 0) is 25.0 Å². The molecule has 2 unspecified atom stereocenters. The number of hydrogen-bond donors (Lipinski definition) is 2. The standard InChI is InChI=1S/C16H20N2O2/c1-11-12(6-7-20-11)9-18-16(19)8-13-10-17-15-5-3-2-4-14(13)15/h2-5,10-12,17H,6-9H2,1H3,(H,18,19). The second kappa shape index (κ2) is 5.67. The lowest BCUT2D eigenvalue weighted by molar-refractivity contribution is -0.120. The van der Waals surface area contributed by atoms with Crippen LogP contribution < -0.4 is 5.32 Å². The van der Waals surface area contributed by atoms with Crippen molar-refractivity contribution < 1.29 is 9.53 Å². The Balaban J connectivity index is 1.58. The van der Waals surface area contributed by atoms with Gasteiger partial charge in [-0.15, -0.1) is 0 Å². The molecule has 1 aliphatic heterocycles. The van der Waals surface area contributed by atoms with Crippen molar-refractivity contribution in [1.29, 1.82) is 0 Å². The molecule has 2 N–H and O–H groups in total. The van der Waals surface area contributed by atoms with Crippen LogP contribution in [0, 0.1) is 5.92 Å². The maximum absolute atomic E-state index is 12.1. The van der Waals surface area contributed by atoms with E-state index in [0.717, 1.165) is 29.5 Å². The van der Waals surface area contributed by atoms with E-state index in [1.54, 1.807) is 0 Å². The summed E-state index contributed by atoms with van der Waals surface area (Å²) in [5, 5.41) is 4.15. The maximum atomic E-state index is 12.1. The number of ether oxygens (including phenoxy) is 1. The molecule has 1 saturated heterocycles. The Kier molecular flexibility index (Phi) is 3.74. The summed E-state index contributed by atoms with van der Waals surface area (Å²) in [6, 6.07) is 8.05. The van der Waals surface area contributed by atoms with Gasteiger partial charge in [-0.25, -0.2) is 0 Å². The van der Waals surface area contributed by atoms with Gasteiger partial charge in [0, 0.05) is 36.2 Å². The fourth-order valence-electron chi connectivity index (χ4n) is 2.80. The number of nitrogens with one attached hydrogen (secondary N) is 2. The molecule has 2 atom stereocenters. The SMILES string of the molecule is CC1OCCC1CNC(=O)Cc1c[nH]c2ccccc12. The highest BCUT2D eigenvalue weighted by Gasteiger charge is 2.24. The molecule has 20 heavy (non-hydrogen) atoms. The van der Waals surface area contributed by atoms with Crippen LogP contribution in [0.2, 0.25) is 0 Å². The Hall–Kier alpha value is -1.81. The normalized spacial score (nSPS) is 22.2. The Bertz CT molecular complexity index is 605. The first kappa shape index (κ1) is 13.2. The van der Waals surface area contributed by atoms with Crippen LogP contribution in [0.3, 0.4) is 0 Å². The minimum Gasteiger partial charge on any atom is -0.378 e. The number of aromatic amines is 1. The van der Waals surface area contributed by atoms with Crippen LogP contribution in [0.4, 0.5) is 0 Å². The molecule has 0 spiro atoms. The molecule has 1 aromatic heterocycles. The summed E-state index contributed by atoms with van der Waals surface area (Å²) in [6.45, 7) is 3.59. The first-order valence-corrected chi connectivity index (χ1v) is 7.17. The molecule has 4 nitrogen and oxygen atoms in total. The van der Waals surface area contributed by atoms with E-state index >= 15 is 0 Å². The average molecular weight is 272 g/mol. The monoisotopic (exact) mass is 272 g/mol. The quantitative estimate of drug-likeness (QED) is 0.897. The molecule has 1 fully saturated rings. The van der Waals surface area contributed by atoms with E-state index in [0.29, 0.717) is 18.9 Å². The minimum atomic E-state index is 0.0776. The Morgan fingerprint density at radius 2 is 2.30 bits per heavy atom. The summed E-state index contributed by atoms with van der Waals surface area (Å²) >= 11 is 0. The molecule has 0 radical (unpaired) electrons. The van der Waals surface area contributed by atoms with Crippen molar-refractivity contribution >= 4 is 16.8 Å². The zero-order valence-corrected chi connectivity index (χ0v) is 11.7. The first-order valence-electron chi connectivity index (χ1n) is 7.17. The van der Waals surface area contributed by atoms with E-state index in [4.69, 9.17) is 4.74 Å². The molecular weight excluding hydrogens is 252 g/mol. The summed E-state index contributed by atoms with van der Waals surface area (Å²) in [6.07, 6.45) is 3.63. The van der Waals surface area contributed by atoms with E-state index in [1.165, 1.54) is 0 Å². The molecule has 0 bridgehead atoms. The van der Waals surface area contributed by atoms with E-state index in [1.807, 2.05) is 30.5 Å². The number of aromatic nitrogens is 1. The third-order valence-corrected chi connectivity index (χ3v) is 4.12. The van der Waals surface area contributed by atoms with Gasteiger partial charge in [0.2, 0.25) is 5.91 Å². The number of para-hydroxylation sites is 1. The van der Waals surface area contributed by atoms with E-state index in [-0.39, 0.29) is 12.0 Å². The Morgan fingerprint density at radius 1 is 1.45 bits per heavy atom. The predicted octanol–water partition coefficient (Wildman–Crippen LogP) is 2.25. The van der Waals surface area contributed by atoms with E-state index < -0.39 is 0 Å². The Labute approximate surface area is 118 Å². The smallest absolute Gasteiger partial charge is 0.224 e. The maximum Gasteiger partial charge on any atom is 0.224 e. The number of rotatable bonds is 4. The molecule has 2 heterocycles. The van der Waals surface area contributed by atoms with Gasteiger partial charge >= 0.3 is 0 Å². The van der Waals surface area contributed by atoms with Crippen molar-refractivity contribution in [2.45, 2.75) is 25.9 Å². The fraction of sp³-hybridized carbons (Fsp3) is 0.438. The van der Waals surface area contributed by atoms with E-state index in [2.05, 4.69) is 17.2 Å². The zero-order valence-electron chi connectivity index (χ0n) is 11.7. The lowest BCUT2D eigenvalue weighted by Crippen LogP contribution is -2.32. The van der Waals surface area contributed by atoms with Crippen LogP contribution in [0.5, 0.6) is 0 Å². The summed E-state index contributed by atoms with van der Waals surface area (Å²) < 4.78 is 5.50. The topological polar surface area (TPSA) is 54.1 Å². The molecular formula is C16H20N2O2. The van der Waals surface area contributed by atoms with Gasteiger partial charge in [-0.1, -0.05) is 18.2 Å². The summed E-state index contributed by atoms with van der Waals surface area (Å²) in [4.78, 5) is 15.2. The number of fused-ring (bicyclic) bond motifs is 1. The second-order valence-electron chi connectivity index (χ2n) is 5.47. The molecule has 4 heteroatoms. The molecule has 0 saturated carbocycles. The summed E-state index contributed by atoms with van der Waals surface area (Å²) in [5.74, 6) is 0.524. The van der Waals surface area contributed by atoms with Gasteiger partial charge in [-0.2, -0.15) is 0 Å². The predicted molar refractivity (Wildman–Crippen MR) is 78.5 cm³/mol. The molecule has 2 aromatic rings. The third kappa shape index (κ3) is 2.70. The van der Waals surface area contributed by atoms with Gasteiger partial charge < -0.3 is 15.0 Å². The molecule has 1 amide bonds. The third-order valence-electron chi connectivity index (χ3n) is 4.12. The van der Waals surface area contributed by atoms with Crippen LogP contribution in [0.25, 0.3) is 10.9 Å². The number of carbonyl (C=O) groups excluding carboxylic acids is 1. The highest BCUT2D eigenvalue weighted by molar-refractivity contribution is 5.88. The van der Waals surface area contributed by atoms with Crippen molar-refractivity contribution in [3.05, 3.63) is 36.0 Å². The summed E-state index contributed by atoms with van der Waals surface area (Å²) in [5.41, 5.74) is 2.13. The number of hydrogen-bond acceptors (Lipinski definition) is 2. The molecule has 106 valence electrons. The lowest BCUT2D eigenvalue weighted by Gasteiger charge is -2.14. The molecule has 0 aliphatic carbocycles. The van der Waals surface area contributed by atoms with Crippen LogP contribution in [0.1, 0.15) is 18.9 Å². The van der Waals surface area contributed by atoms with Crippen LogP contribution in [-0.2, 0) is 16.0 Å². The van der Waals surface area contributed by atoms with Gasteiger partial charge in [0.15, 0.2) is 0 Å². The molecule has 1 aliphatic rings. The highest BCUT2D eigenvalue weighted by atomic mass is 16.5. The van der Waals surface area contributed by atoms with Crippen LogP contribution in [0.15, 0.2) is 30.5 Å². The van der Waals surface area contributed by atoms with Crippen molar-refractivity contribution in [3.63, 3.8) is 0 Å². The number of H-pyrrole nitrogens is 1. The Morgan fingerprint density at radius 3 is 3.10 bits per heavy atom. The molecule has 1 aromatic carbocycles. The molecule has 3 rings (SSSR count). The first-order chi connectivity index (χ1) is 9.74. The van der Waals surface area contributed by atoms with Crippen molar-refractivity contribution in [2.24, 2.45) is 5.92 Å². The van der Waals surface area contributed by atoms with Gasteiger partial charge in [0.1, 0.15) is 0 Å². The number of amides is 1. The largest absolute Gasteiger partial charge is 0.378 e. The van der Waals surface area contributed by atoms with Crippen LogP contribution >= 0.6 is 0 Å². The van der Waals surface area contributed by atoms with E-state index in [9.17, 15) is 4.79 Å². The number of carbonyl (C=O) groups is 1. The fourth-order valence-corrected chi connectivity index (χ4v) is 2.80. The number of benzene rings is 1. The summed E-state index contributed by atoms with van der Waals surface area (Å²) in [7, 11) is 0. The average Bonchev–Trinajstić information content (AvgIpc) is 3.04. The van der Waals surface area contributed by atoms with Gasteiger partial charge in [0.25, 0.3) is 0 Å². The van der Waals surface area contributed by atoms with Crippen LogP contribution in [-0.4, -0.2) is 30.1 Å². The van der Waals surface area contributed by atoms with Gasteiger partial charge in [0.05, 0.1) is 12.5 Å². The van der Waals surface area contributed by atoms with Crippen molar-refractivity contribution in [2.75, 3.05) is 13.2 Å². The minimum absolute atomic E-state index is 0.0776. The lowest BCUT2D eigenvalue weighted by atomic mass is 10.0. The highest BCUT2D eigenvalue weighted by Crippen LogP contribution is 2.20. The van der Waals surface area contributed by atoms with Gasteiger partial charge in [-0.3, -0.25) is 4.79 Å².